The van der Waals surface area contributed by atoms with Gasteiger partial charge in [0.15, 0.2) is 5.96 Å². The van der Waals surface area contributed by atoms with Crippen LogP contribution in [0.2, 0.25) is 0 Å². The van der Waals surface area contributed by atoms with Gasteiger partial charge in [-0.1, -0.05) is 31.2 Å². The van der Waals surface area contributed by atoms with E-state index in [1.54, 1.807) is 7.11 Å². The first kappa shape index (κ1) is 18.5. The van der Waals surface area contributed by atoms with E-state index < -0.39 is 0 Å². The highest BCUT2D eigenvalue weighted by atomic mass is 16.5. The molecule has 140 valence electrons. The van der Waals surface area contributed by atoms with E-state index >= 15 is 0 Å². The number of guanidine groups is 1. The molecule has 26 heavy (non-hydrogen) atoms. The number of nitrogens with one attached hydrogen (secondary N) is 1. The number of hydrogen-bond donors (Lipinski definition) is 1. The van der Waals surface area contributed by atoms with Crippen molar-refractivity contribution in [2.75, 3.05) is 27.2 Å². The number of methoxy groups -OCH3 is 1. The molecular weight excluding hydrogens is 326 g/mol. The molecule has 1 fully saturated rings. The van der Waals surface area contributed by atoms with Crippen molar-refractivity contribution in [3.63, 3.8) is 0 Å². The summed E-state index contributed by atoms with van der Waals surface area (Å²) >= 11 is 0. The molecule has 2 atom stereocenters. The van der Waals surface area contributed by atoms with Gasteiger partial charge in [-0.3, -0.25) is 4.99 Å². The molecule has 0 aliphatic carbocycles. The van der Waals surface area contributed by atoms with Gasteiger partial charge in [-0.25, -0.2) is 4.98 Å². The summed E-state index contributed by atoms with van der Waals surface area (Å²) < 4.78 is 7.44. The third kappa shape index (κ3) is 4.43. The lowest BCUT2D eigenvalue weighted by Crippen LogP contribution is -2.48. The maximum absolute atomic E-state index is 5.22. The Morgan fingerprint density at radius 2 is 2.23 bits per heavy atom. The van der Waals surface area contributed by atoms with Gasteiger partial charge in [0.05, 0.1) is 19.0 Å². The highest BCUT2D eigenvalue weighted by molar-refractivity contribution is 5.80. The Labute approximate surface area is 155 Å². The molecule has 1 N–H and O–H groups in total. The lowest BCUT2D eigenvalue weighted by atomic mass is 9.93. The van der Waals surface area contributed by atoms with Crippen molar-refractivity contribution < 1.29 is 4.74 Å². The van der Waals surface area contributed by atoms with E-state index in [9.17, 15) is 0 Å². The van der Waals surface area contributed by atoms with Crippen molar-refractivity contribution in [1.29, 1.82) is 0 Å². The number of piperidine rings is 1. The van der Waals surface area contributed by atoms with Crippen molar-refractivity contribution in [1.82, 2.24) is 19.8 Å². The van der Waals surface area contributed by atoms with Gasteiger partial charge in [-0.15, -0.1) is 0 Å². The summed E-state index contributed by atoms with van der Waals surface area (Å²) in [6.07, 6.45) is 6.98. The summed E-state index contributed by atoms with van der Waals surface area (Å²) in [7, 11) is 3.58. The highest BCUT2D eigenvalue weighted by Gasteiger charge is 2.28. The number of aliphatic imine (C=N–C) groups is 1. The van der Waals surface area contributed by atoms with Crippen LogP contribution < -0.4 is 5.32 Å². The lowest BCUT2D eigenvalue weighted by Gasteiger charge is -2.39. The van der Waals surface area contributed by atoms with Gasteiger partial charge in [0.25, 0.3) is 0 Å². The molecule has 0 amide bonds. The Morgan fingerprint density at radius 1 is 1.38 bits per heavy atom. The maximum Gasteiger partial charge on any atom is 0.193 e. The van der Waals surface area contributed by atoms with E-state index in [1.165, 1.54) is 11.1 Å². The average Bonchev–Trinajstić information content (AvgIpc) is 3.18. The standard InChI is InChI=1S/C20H29N5O/c1-16-7-9-24(13-19(16)25-10-8-22-15-25)20(21-2)23-12-17-5-4-6-18(11-17)14-26-3/h4-6,8,10-11,15-16,19H,7,9,12-14H2,1-3H3,(H,21,23). The summed E-state index contributed by atoms with van der Waals surface area (Å²) in [5.41, 5.74) is 2.42. The molecule has 1 aliphatic rings. The Morgan fingerprint density at radius 3 is 2.96 bits per heavy atom. The van der Waals surface area contributed by atoms with Crippen molar-refractivity contribution in [2.24, 2.45) is 10.9 Å². The molecule has 2 aromatic rings. The zero-order valence-electron chi connectivity index (χ0n) is 15.9. The molecule has 2 unspecified atom stereocenters. The zero-order valence-corrected chi connectivity index (χ0v) is 15.9. The lowest BCUT2D eigenvalue weighted by molar-refractivity contribution is 0.185. The van der Waals surface area contributed by atoms with Gasteiger partial charge in [-0.2, -0.15) is 0 Å². The minimum atomic E-state index is 0.426. The third-order valence-electron chi connectivity index (χ3n) is 5.09. The summed E-state index contributed by atoms with van der Waals surface area (Å²) in [6.45, 7) is 5.68. The van der Waals surface area contributed by atoms with Crippen LogP contribution in [0.5, 0.6) is 0 Å². The Balaban J connectivity index is 1.63. The monoisotopic (exact) mass is 355 g/mol. The van der Waals surface area contributed by atoms with E-state index in [0.29, 0.717) is 18.6 Å². The number of aromatic nitrogens is 2. The van der Waals surface area contributed by atoms with Crippen molar-refractivity contribution in [3.05, 3.63) is 54.1 Å². The summed E-state index contributed by atoms with van der Waals surface area (Å²) in [6, 6.07) is 8.90. The second kappa shape index (κ2) is 8.85. The van der Waals surface area contributed by atoms with Gasteiger partial charge in [-0.05, 0) is 23.5 Å². The minimum Gasteiger partial charge on any atom is -0.380 e. The molecular formula is C20H29N5O. The fourth-order valence-corrected chi connectivity index (χ4v) is 3.60. The van der Waals surface area contributed by atoms with Crippen molar-refractivity contribution in [2.45, 2.75) is 32.5 Å². The van der Waals surface area contributed by atoms with Gasteiger partial charge >= 0.3 is 0 Å². The Kier molecular flexibility index (Phi) is 6.28. The quantitative estimate of drug-likeness (QED) is 0.662. The smallest absolute Gasteiger partial charge is 0.193 e. The van der Waals surface area contributed by atoms with Gasteiger partial charge in [0.1, 0.15) is 0 Å². The molecule has 3 rings (SSSR count). The molecule has 1 saturated heterocycles. The van der Waals surface area contributed by atoms with Gasteiger partial charge in [0, 0.05) is 46.2 Å². The number of hydrogen-bond acceptors (Lipinski definition) is 3. The number of imidazole rings is 1. The van der Waals surface area contributed by atoms with Gasteiger partial charge in [0.2, 0.25) is 0 Å². The predicted molar refractivity (Wildman–Crippen MR) is 104 cm³/mol. The molecule has 1 aromatic heterocycles. The van der Waals surface area contributed by atoms with E-state index in [2.05, 4.69) is 62.1 Å². The molecule has 2 heterocycles. The Bertz CT molecular complexity index is 713. The van der Waals surface area contributed by atoms with Crippen LogP contribution in [0.3, 0.4) is 0 Å². The first-order chi connectivity index (χ1) is 12.7. The summed E-state index contributed by atoms with van der Waals surface area (Å²) in [4.78, 5) is 11.1. The number of likely N-dealkylation sites (tertiary alicyclic amines) is 1. The van der Waals surface area contributed by atoms with Crippen molar-refractivity contribution in [3.8, 4) is 0 Å². The molecule has 1 aliphatic heterocycles. The fourth-order valence-electron chi connectivity index (χ4n) is 3.60. The fraction of sp³-hybridized carbons (Fsp3) is 0.500. The van der Waals surface area contributed by atoms with Crippen LogP contribution >= 0.6 is 0 Å². The predicted octanol–water partition coefficient (Wildman–Crippen LogP) is 2.69. The SMILES string of the molecule is CN=C(NCc1cccc(COC)c1)N1CCC(C)C(n2ccnc2)C1. The van der Waals surface area contributed by atoms with Gasteiger partial charge < -0.3 is 19.5 Å². The molecule has 0 radical (unpaired) electrons. The number of benzene rings is 1. The van der Waals surface area contributed by atoms with E-state index in [-0.39, 0.29) is 0 Å². The largest absolute Gasteiger partial charge is 0.380 e. The van der Waals surface area contributed by atoms with E-state index in [4.69, 9.17) is 4.74 Å². The van der Waals surface area contributed by atoms with Crippen LogP contribution in [0.15, 0.2) is 48.0 Å². The maximum atomic E-state index is 5.22. The number of ether oxygens (including phenoxy) is 1. The number of rotatable bonds is 5. The first-order valence-electron chi connectivity index (χ1n) is 9.21. The average molecular weight is 355 g/mol. The third-order valence-corrected chi connectivity index (χ3v) is 5.09. The summed E-state index contributed by atoms with van der Waals surface area (Å²) in [5.74, 6) is 1.59. The van der Waals surface area contributed by atoms with E-state index in [1.807, 2.05) is 19.6 Å². The molecule has 0 bridgehead atoms. The van der Waals surface area contributed by atoms with Crippen LogP contribution in [-0.4, -0.2) is 47.7 Å². The summed E-state index contributed by atoms with van der Waals surface area (Å²) in [5, 5.41) is 3.52. The molecule has 6 heteroatoms. The van der Waals surface area contributed by atoms with Crippen LogP contribution in [0.4, 0.5) is 0 Å². The van der Waals surface area contributed by atoms with Crippen molar-refractivity contribution >= 4 is 5.96 Å². The second-order valence-corrected chi connectivity index (χ2v) is 6.94. The highest BCUT2D eigenvalue weighted by Crippen LogP contribution is 2.27. The van der Waals surface area contributed by atoms with Crippen LogP contribution in [0, 0.1) is 5.92 Å². The zero-order chi connectivity index (χ0) is 18.4. The van der Waals surface area contributed by atoms with Crippen LogP contribution in [0.1, 0.15) is 30.5 Å². The topological polar surface area (TPSA) is 54.7 Å². The molecule has 6 nitrogen and oxygen atoms in total. The second-order valence-electron chi connectivity index (χ2n) is 6.94. The normalized spacial score (nSPS) is 21.0. The first-order valence-corrected chi connectivity index (χ1v) is 9.21. The van der Waals surface area contributed by atoms with Crippen LogP contribution in [0.25, 0.3) is 0 Å². The number of nitrogens with zero attached hydrogens (tertiary/aromatic N) is 4. The minimum absolute atomic E-state index is 0.426. The molecule has 0 saturated carbocycles. The molecule has 0 spiro atoms. The molecule has 1 aromatic carbocycles. The van der Waals surface area contributed by atoms with Crippen LogP contribution in [-0.2, 0) is 17.9 Å². The van der Waals surface area contributed by atoms with E-state index in [0.717, 1.165) is 32.0 Å². The Hall–Kier alpha value is -2.34.